The Kier molecular flexibility index (Phi) is 6.31. The molecule has 3 N–H and O–H groups in total. The summed E-state index contributed by atoms with van der Waals surface area (Å²) in [5.74, 6) is 2.22. The molecule has 3 rings (SSSR count). The van der Waals surface area contributed by atoms with Crippen LogP contribution in [0, 0.1) is 17.8 Å². The van der Waals surface area contributed by atoms with Crippen LogP contribution in [0.1, 0.15) is 31.2 Å². The van der Waals surface area contributed by atoms with Gasteiger partial charge in [-0.1, -0.05) is 12.1 Å². The predicted octanol–water partition coefficient (Wildman–Crippen LogP) is 2.54. The molecule has 1 amide bonds. The van der Waals surface area contributed by atoms with Crippen LogP contribution in [-0.4, -0.2) is 25.6 Å². The molecule has 0 aromatic heterocycles. The molecule has 128 valence electrons. The van der Waals surface area contributed by atoms with Crippen LogP contribution in [0.3, 0.4) is 0 Å². The van der Waals surface area contributed by atoms with E-state index in [-0.39, 0.29) is 30.3 Å². The van der Waals surface area contributed by atoms with Crippen molar-refractivity contribution in [3.8, 4) is 5.75 Å². The molecule has 2 fully saturated rings. The lowest BCUT2D eigenvalue weighted by Crippen LogP contribution is -2.45. The first-order valence-corrected chi connectivity index (χ1v) is 8.35. The second-order valence-corrected chi connectivity index (χ2v) is 6.68. The van der Waals surface area contributed by atoms with E-state index in [1.165, 1.54) is 18.4 Å². The number of carbonyl (C=O) groups excluding carboxylic acids is 1. The van der Waals surface area contributed by atoms with E-state index in [0.717, 1.165) is 31.6 Å². The van der Waals surface area contributed by atoms with Crippen molar-refractivity contribution in [2.45, 2.75) is 38.1 Å². The Morgan fingerprint density at radius 3 is 2.57 bits per heavy atom. The standard InChI is InChI=1S/C18H26N2O2.ClH/c1-22-15-8-4-12(5-9-15)3-2-10-20-18(21)16-13-6-7-14(11-13)17(16)19;/h4-5,8-9,13-14,16-17H,2-3,6-7,10-11,19H2,1H3,(H,20,21);1H. The maximum atomic E-state index is 12.3. The first kappa shape index (κ1) is 18.1. The average Bonchev–Trinajstić information content (AvgIpc) is 3.13. The number of aryl methyl sites for hydroxylation is 1. The van der Waals surface area contributed by atoms with Gasteiger partial charge in [0.15, 0.2) is 0 Å². The third kappa shape index (κ3) is 3.99. The molecular weight excluding hydrogens is 312 g/mol. The van der Waals surface area contributed by atoms with E-state index in [2.05, 4.69) is 17.4 Å². The van der Waals surface area contributed by atoms with Crippen molar-refractivity contribution in [1.82, 2.24) is 5.32 Å². The van der Waals surface area contributed by atoms with Gasteiger partial charge in [0.1, 0.15) is 5.75 Å². The van der Waals surface area contributed by atoms with Crippen LogP contribution in [-0.2, 0) is 11.2 Å². The van der Waals surface area contributed by atoms with Gasteiger partial charge >= 0.3 is 0 Å². The molecule has 4 unspecified atom stereocenters. The lowest BCUT2D eigenvalue weighted by Gasteiger charge is -2.27. The fourth-order valence-electron chi connectivity index (χ4n) is 4.14. The minimum atomic E-state index is 0. The Labute approximate surface area is 144 Å². The number of benzene rings is 1. The van der Waals surface area contributed by atoms with Gasteiger partial charge in [0, 0.05) is 12.6 Å². The van der Waals surface area contributed by atoms with Crippen molar-refractivity contribution in [3.05, 3.63) is 29.8 Å². The molecule has 5 heteroatoms. The van der Waals surface area contributed by atoms with Crippen LogP contribution >= 0.6 is 12.4 Å². The van der Waals surface area contributed by atoms with Crippen molar-refractivity contribution in [1.29, 1.82) is 0 Å². The number of nitrogens with two attached hydrogens (primary N) is 1. The van der Waals surface area contributed by atoms with Crippen LogP contribution in [0.15, 0.2) is 24.3 Å². The van der Waals surface area contributed by atoms with Crippen LogP contribution in [0.4, 0.5) is 0 Å². The molecule has 1 aromatic rings. The second kappa shape index (κ2) is 8.02. The summed E-state index contributed by atoms with van der Waals surface area (Å²) < 4.78 is 5.15. The molecule has 2 aliphatic rings. The van der Waals surface area contributed by atoms with Gasteiger partial charge in [-0.3, -0.25) is 4.79 Å². The molecule has 1 aromatic carbocycles. The number of nitrogens with one attached hydrogen (secondary N) is 1. The predicted molar refractivity (Wildman–Crippen MR) is 93.9 cm³/mol. The van der Waals surface area contributed by atoms with E-state index in [4.69, 9.17) is 10.5 Å². The largest absolute Gasteiger partial charge is 0.497 e. The van der Waals surface area contributed by atoms with Crippen LogP contribution < -0.4 is 15.8 Å². The summed E-state index contributed by atoms with van der Waals surface area (Å²) in [7, 11) is 1.67. The Morgan fingerprint density at radius 1 is 1.26 bits per heavy atom. The lowest BCUT2D eigenvalue weighted by atomic mass is 9.84. The zero-order chi connectivity index (χ0) is 15.5. The number of carbonyl (C=O) groups is 1. The highest BCUT2D eigenvalue weighted by Crippen LogP contribution is 2.47. The van der Waals surface area contributed by atoms with Crippen LogP contribution in [0.5, 0.6) is 5.75 Å². The highest BCUT2D eigenvalue weighted by molar-refractivity contribution is 5.85. The van der Waals surface area contributed by atoms with Gasteiger partial charge in [-0.05, 0) is 61.6 Å². The van der Waals surface area contributed by atoms with E-state index in [1.54, 1.807) is 7.11 Å². The summed E-state index contributed by atoms with van der Waals surface area (Å²) in [5.41, 5.74) is 7.49. The van der Waals surface area contributed by atoms with Gasteiger partial charge < -0.3 is 15.8 Å². The minimum absolute atomic E-state index is 0. The van der Waals surface area contributed by atoms with Gasteiger partial charge in [0.2, 0.25) is 5.91 Å². The van der Waals surface area contributed by atoms with E-state index in [1.807, 2.05) is 12.1 Å². The highest BCUT2D eigenvalue weighted by atomic mass is 35.5. The molecule has 2 aliphatic carbocycles. The molecule has 0 radical (unpaired) electrons. The number of hydrogen-bond donors (Lipinski definition) is 2. The smallest absolute Gasteiger partial charge is 0.224 e. The summed E-state index contributed by atoms with van der Waals surface area (Å²) in [6.07, 6.45) is 5.47. The fourth-order valence-corrected chi connectivity index (χ4v) is 4.14. The average molecular weight is 339 g/mol. The van der Waals surface area contributed by atoms with Gasteiger partial charge in [0.25, 0.3) is 0 Å². The van der Waals surface area contributed by atoms with Gasteiger partial charge in [0.05, 0.1) is 13.0 Å². The first-order chi connectivity index (χ1) is 10.7. The molecular formula is C18H27ClN2O2. The number of rotatable bonds is 6. The first-order valence-electron chi connectivity index (χ1n) is 8.35. The Bertz CT molecular complexity index is 518. The second-order valence-electron chi connectivity index (χ2n) is 6.68. The minimum Gasteiger partial charge on any atom is -0.497 e. The Hall–Kier alpha value is -1.26. The van der Waals surface area contributed by atoms with Crippen molar-refractivity contribution >= 4 is 18.3 Å². The van der Waals surface area contributed by atoms with Gasteiger partial charge in [-0.2, -0.15) is 0 Å². The van der Waals surface area contributed by atoms with Gasteiger partial charge in [-0.25, -0.2) is 0 Å². The highest BCUT2D eigenvalue weighted by Gasteiger charge is 2.48. The molecule has 4 atom stereocenters. The molecule has 0 heterocycles. The third-order valence-corrected chi connectivity index (χ3v) is 5.38. The normalized spacial score (nSPS) is 28.3. The van der Waals surface area contributed by atoms with E-state index in [9.17, 15) is 4.79 Å². The summed E-state index contributed by atoms with van der Waals surface area (Å²) in [6, 6.07) is 8.18. The van der Waals surface area contributed by atoms with Crippen molar-refractivity contribution in [2.75, 3.05) is 13.7 Å². The number of amides is 1. The summed E-state index contributed by atoms with van der Waals surface area (Å²) in [4.78, 5) is 12.3. The molecule has 2 bridgehead atoms. The number of hydrogen-bond acceptors (Lipinski definition) is 3. The van der Waals surface area contributed by atoms with Crippen molar-refractivity contribution < 1.29 is 9.53 Å². The third-order valence-electron chi connectivity index (χ3n) is 5.38. The number of methoxy groups -OCH3 is 1. The lowest BCUT2D eigenvalue weighted by molar-refractivity contribution is -0.127. The Morgan fingerprint density at radius 2 is 1.96 bits per heavy atom. The molecule has 23 heavy (non-hydrogen) atoms. The van der Waals surface area contributed by atoms with Crippen molar-refractivity contribution in [2.24, 2.45) is 23.5 Å². The molecule has 0 aliphatic heterocycles. The van der Waals surface area contributed by atoms with E-state index >= 15 is 0 Å². The quantitative estimate of drug-likeness (QED) is 0.783. The SMILES string of the molecule is COc1ccc(CCCNC(=O)C2C3CCC(C3)C2N)cc1.Cl. The molecule has 0 spiro atoms. The summed E-state index contributed by atoms with van der Waals surface area (Å²) >= 11 is 0. The van der Waals surface area contributed by atoms with E-state index < -0.39 is 0 Å². The number of halogens is 1. The summed E-state index contributed by atoms with van der Waals surface area (Å²) in [6.45, 7) is 0.728. The fraction of sp³-hybridized carbons (Fsp3) is 0.611. The molecule has 2 saturated carbocycles. The monoisotopic (exact) mass is 338 g/mol. The van der Waals surface area contributed by atoms with E-state index in [0.29, 0.717) is 11.8 Å². The van der Waals surface area contributed by atoms with Crippen molar-refractivity contribution in [3.63, 3.8) is 0 Å². The molecule has 4 nitrogen and oxygen atoms in total. The zero-order valence-corrected chi connectivity index (χ0v) is 14.5. The summed E-state index contributed by atoms with van der Waals surface area (Å²) in [5, 5.41) is 3.09. The van der Waals surface area contributed by atoms with Gasteiger partial charge in [-0.15, -0.1) is 12.4 Å². The maximum absolute atomic E-state index is 12.3. The van der Waals surface area contributed by atoms with Crippen LogP contribution in [0.2, 0.25) is 0 Å². The number of fused-ring (bicyclic) bond motifs is 2. The molecule has 0 saturated heterocycles. The van der Waals surface area contributed by atoms with Crippen LogP contribution in [0.25, 0.3) is 0 Å². The maximum Gasteiger partial charge on any atom is 0.224 e. The zero-order valence-electron chi connectivity index (χ0n) is 13.7. The number of ether oxygens (including phenoxy) is 1. The topological polar surface area (TPSA) is 64.3 Å². The Balaban J connectivity index is 0.00000192.